The average molecular weight is 262 g/mol. The van der Waals surface area contributed by atoms with Crippen LogP contribution in [-0.4, -0.2) is 43.9 Å². The van der Waals surface area contributed by atoms with Crippen LogP contribution in [0.3, 0.4) is 0 Å². The zero-order valence-electron chi connectivity index (χ0n) is 8.62. The normalized spacial score (nSPS) is 32.9. The molecule has 0 saturated carbocycles. The number of thioether (sulfide) groups is 1. The molecule has 2 heterocycles. The fraction of sp³-hybridized carbons (Fsp3) is 0.556. The Hall–Kier alpha value is -1.12. The van der Waals surface area contributed by atoms with E-state index in [-0.39, 0.29) is 6.61 Å². The van der Waals surface area contributed by atoms with Crippen molar-refractivity contribution in [3.05, 3.63) is 33.1 Å². The van der Waals surface area contributed by atoms with E-state index in [0.717, 1.165) is 22.4 Å². The molecule has 8 heteroatoms. The van der Waals surface area contributed by atoms with Gasteiger partial charge in [-0.05, 0) is 0 Å². The summed E-state index contributed by atoms with van der Waals surface area (Å²) in [6.07, 6.45) is -1.81. The van der Waals surface area contributed by atoms with Gasteiger partial charge in [0.1, 0.15) is 11.5 Å². The van der Waals surface area contributed by atoms with Crippen molar-refractivity contribution in [1.82, 2.24) is 9.55 Å². The van der Waals surface area contributed by atoms with E-state index < -0.39 is 34.1 Å². The summed E-state index contributed by atoms with van der Waals surface area (Å²) in [6, 6.07) is 1.10. The molecule has 2 rings (SSSR count). The van der Waals surface area contributed by atoms with E-state index in [0.29, 0.717) is 0 Å². The second kappa shape index (κ2) is 4.63. The number of nitrogens with one attached hydrogen (secondary N) is 1. The van der Waals surface area contributed by atoms with Crippen molar-refractivity contribution < 1.29 is 14.6 Å². The molecule has 17 heavy (non-hydrogen) atoms. The molecule has 0 spiro atoms. The van der Waals surface area contributed by atoms with Crippen LogP contribution < -0.4 is 11.2 Å². The molecule has 94 valence electrons. The van der Waals surface area contributed by atoms with Crippen molar-refractivity contribution in [2.45, 2.75) is 22.9 Å². The van der Waals surface area contributed by atoms with Crippen LogP contribution in [0.25, 0.3) is 0 Å². The number of H-pyrrole nitrogens is 1. The summed E-state index contributed by atoms with van der Waals surface area (Å²) >= 11 is 0.966. The Kier molecular flexibility index (Phi) is 3.36. The quantitative estimate of drug-likeness (QED) is 0.625. The van der Waals surface area contributed by atoms with Gasteiger partial charge in [0.2, 0.25) is 0 Å². The van der Waals surface area contributed by atoms with Crippen molar-refractivity contribution in [2.75, 3.05) is 6.61 Å². The van der Waals surface area contributed by atoms with Gasteiger partial charge in [0.15, 0.2) is 6.17 Å². The molecule has 1 saturated heterocycles. The molecule has 1 fully saturated rings. The van der Waals surface area contributed by atoms with Crippen LogP contribution in [0.5, 0.6) is 0 Å². The van der Waals surface area contributed by atoms with Crippen molar-refractivity contribution >= 4 is 11.8 Å². The minimum atomic E-state index is -1.67. The Morgan fingerprint density at radius 2 is 2.24 bits per heavy atom. The van der Waals surface area contributed by atoms with Crippen LogP contribution in [0, 0.1) is 0 Å². The molecule has 1 aliphatic heterocycles. The van der Waals surface area contributed by atoms with E-state index in [4.69, 9.17) is 5.11 Å². The van der Waals surface area contributed by atoms with Gasteiger partial charge in [-0.15, -0.1) is 11.8 Å². The van der Waals surface area contributed by atoms with Gasteiger partial charge in [-0.1, -0.05) is 0 Å². The maximum Gasteiger partial charge on any atom is 0.329 e. The number of alkyl halides is 1. The fourth-order valence-electron chi connectivity index (χ4n) is 1.71. The lowest BCUT2D eigenvalue weighted by molar-refractivity contribution is 0.0631. The Morgan fingerprint density at radius 1 is 1.53 bits per heavy atom. The first-order chi connectivity index (χ1) is 8.04. The van der Waals surface area contributed by atoms with E-state index >= 15 is 0 Å². The Morgan fingerprint density at radius 3 is 2.76 bits per heavy atom. The molecule has 1 aromatic rings. The highest BCUT2D eigenvalue weighted by atomic mass is 32.2. The van der Waals surface area contributed by atoms with E-state index in [1.807, 2.05) is 4.98 Å². The lowest BCUT2D eigenvalue weighted by atomic mass is 10.1. The predicted octanol–water partition coefficient (Wildman–Crippen LogP) is -1.16. The summed E-state index contributed by atoms with van der Waals surface area (Å²) < 4.78 is 14.8. The molecule has 4 atom stereocenters. The first-order valence-corrected chi connectivity index (χ1v) is 5.89. The topological polar surface area (TPSA) is 95.3 Å². The number of aromatic amines is 1. The third-order valence-electron chi connectivity index (χ3n) is 2.60. The molecule has 0 aliphatic carbocycles. The summed E-state index contributed by atoms with van der Waals surface area (Å²) in [4.78, 5) is 24.3. The minimum Gasteiger partial charge on any atom is -0.395 e. The van der Waals surface area contributed by atoms with Crippen LogP contribution in [0.1, 0.15) is 5.37 Å². The van der Waals surface area contributed by atoms with Gasteiger partial charge in [-0.3, -0.25) is 14.3 Å². The van der Waals surface area contributed by atoms with Crippen LogP contribution in [-0.2, 0) is 0 Å². The zero-order valence-corrected chi connectivity index (χ0v) is 9.43. The number of aliphatic hydroxyl groups excluding tert-OH is 2. The van der Waals surface area contributed by atoms with E-state index in [1.165, 1.54) is 6.20 Å². The molecule has 0 amide bonds. The SMILES string of the molecule is O=c1ccn([C@@H]2S[C@H](CO)[C@@H](O)[C@H]2F)c(=O)[nH]1. The van der Waals surface area contributed by atoms with Crippen molar-refractivity contribution in [2.24, 2.45) is 0 Å². The molecular formula is C9H11FN2O4S. The highest BCUT2D eigenvalue weighted by molar-refractivity contribution is 8.00. The van der Waals surface area contributed by atoms with Crippen LogP contribution in [0.4, 0.5) is 4.39 Å². The molecule has 0 unspecified atom stereocenters. The smallest absolute Gasteiger partial charge is 0.329 e. The van der Waals surface area contributed by atoms with E-state index in [9.17, 15) is 19.1 Å². The number of halogens is 1. The van der Waals surface area contributed by atoms with E-state index in [2.05, 4.69) is 0 Å². The molecule has 1 aromatic heterocycles. The number of aromatic nitrogens is 2. The summed E-state index contributed by atoms with van der Waals surface area (Å²) in [5.74, 6) is 0. The number of hydrogen-bond acceptors (Lipinski definition) is 5. The predicted molar refractivity (Wildman–Crippen MR) is 59.7 cm³/mol. The van der Waals surface area contributed by atoms with Crippen molar-refractivity contribution in [3.63, 3.8) is 0 Å². The zero-order chi connectivity index (χ0) is 12.6. The average Bonchev–Trinajstić information content (AvgIpc) is 2.57. The van der Waals surface area contributed by atoms with Gasteiger partial charge < -0.3 is 10.2 Å². The monoisotopic (exact) mass is 262 g/mol. The summed E-state index contributed by atoms with van der Waals surface area (Å²) in [6.45, 7) is -0.374. The lowest BCUT2D eigenvalue weighted by Crippen LogP contribution is -2.35. The number of nitrogens with zero attached hydrogens (tertiary/aromatic N) is 1. The number of rotatable bonds is 2. The van der Waals surface area contributed by atoms with Crippen molar-refractivity contribution in [3.8, 4) is 0 Å². The first-order valence-electron chi connectivity index (χ1n) is 4.94. The third-order valence-corrected chi connectivity index (χ3v) is 4.14. The van der Waals surface area contributed by atoms with Crippen molar-refractivity contribution in [1.29, 1.82) is 0 Å². The Labute approximate surface area is 99.1 Å². The summed E-state index contributed by atoms with van der Waals surface area (Å²) in [5.41, 5.74) is -1.30. The lowest BCUT2D eigenvalue weighted by Gasteiger charge is -2.15. The van der Waals surface area contributed by atoms with Gasteiger partial charge in [0, 0.05) is 12.3 Å². The maximum atomic E-state index is 13.8. The maximum absolute atomic E-state index is 13.8. The third kappa shape index (κ3) is 2.15. The second-order valence-corrected chi connectivity index (χ2v) is 5.06. The second-order valence-electron chi connectivity index (χ2n) is 3.70. The Bertz CT molecular complexity index is 516. The first kappa shape index (κ1) is 12.3. The standard InChI is InChI=1S/C9H11FN2O4S/c10-6-7(15)4(3-13)17-8(6)12-2-1-5(14)11-9(12)16/h1-2,4,6-8,13,15H,3H2,(H,11,14,16)/t4-,6-,7-,8-/m1/s1. The molecule has 0 bridgehead atoms. The number of hydrogen-bond donors (Lipinski definition) is 3. The van der Waals surface area contributed by atoms with Crippen LogP contribution in [0.15, 0.2) is 21.9 Å². The van der Waals surface area contributed by atoms with Gasteiger partial charge in [0.05, 0.1) is 11.9 Å². The molecule has 6 nitrogen and oxygen atoms in total. The highest BCUT2D eigenvalue weighted by Gasteiger charge is 2.44. The van der Waals surface area contributed by atoms with Gasteiger partial charge in [-0.25, -0.2) is 9.18 Å². The molecule has 1 aliphatic rings. The number of aliphatic hydroxyl groups is 2. The van der Waals surface area contributed by atoms with E-state index in [1.54, 1.807) is 0 Å². The minimum absolute atomic E-state index is 0.374. The summed E-state index contributed by atoms with van der Waals surface area (Å²) in [7, 11) is 0. The van der Waals surface area contributed by atoms with Gasteiger partial charge in [-0.2, -0.15) is 0 Å². The molecule has 0 radical (unpaired) electrons. The molecule has 3 N–H and O–H groups in total. The van der Waals surface area contributed by atoms with Crippen LogP contribution >= 0.6 is 11.8 Å². The van der Waals surface area contributed by atoms with Gasteiger partial charge >= 0.3 is 5.69 Å². The summed E-state index contributed by atoms with van der Waals surface area (Å²) in [5, 5.41) is 16.8. The van der Waals surface area contributed by atoms with Gasteiger partial charge in [0.25, 0.3) is 5.56 Å². The highest BCUT2D eigenvalue weighted by Crippen LogP contribution is 2.42. The largest absolute Gasteiger partial charge is 0.395 e. The molecule has 0 aromatic carbocycles. The van der Waals surface area contributed by atoms with Crippen LogP contribution in [0.2, 0.25) is 0 Å². The fourth-order valence-corrected chi connectivity index (χ4v) is 3.07. The Balaban J connectivity index is 2.35. The molecular weight excluding hydrogens is 251 g/mol.